The van der Waals surface area contributed by atoms with E-state index in [4.69, 9.17) is 21.1 Å². The van der Waals surface area contributed by atoms with E-state index in [9.17, 15) is 31.2 Å². The number of aromatic nitrogens is 4. The van der Waals surface area contributed by atoms with Crippen molar-refractivity contribution in [2.24, 2.45) is 17.8 Å². The van der Waals surface area contributed by atoms with E-state index in [0.29, 0.717) is 24.7 Å². The molecule has 4 heterocycles. The molecular formula is C35H45ClF3N7O6S. The molecule has 290 valence electrons. The second-order valence-corrected chi connectivity index (χ2v) is 17.1. The highest BCUT2D eigenvalue weighted by Gasteiger charge is 2.55. The van der Waals surface area contributed by atoms with Gasteiger partial charge in [0.15, 0.2) is 10.8 Å². The van der Waals surface area contributed by atoms with E-state index in [1.807, 2.05) is 30.4 Å². The summed E-state index contributed by atoms with van der Waals surface area (Å²) in [4.78, 5) is 35.5. The summed E-state index contributed by atoms with van der Waals surface area (Å²) in [6.07, 6.45) is 2.41. The maximum Gasteiger partial charge on any atom is 0.410 e. The molecule has 3 unspecified atom stereocenters. The Bertz CT molecular complexity index is 1880. The first-order chi connectivity index (χ1) is 24.7. The zero-order valence-electron chi connectivity index (χ0n) is 30.2. The van der Waals surface area contributed by atoms with Crippen LogP contribution in [0.1, 0.15) is 83.5 Å². The van der Waals surface area contributed by atoms with Crippen LogP contribution in [0.25, 0.3) is 5.82 Å². The minimum absolute atomic E-state index is 0.0728. The standard InChI is InChI=1S/C35H45ClF3N7O6S/c1-33(2,3)52-32(48)45-21-22(19-34(45,4)5)8-6-7-15-40-24-9-12-29(41-20-24)53(49,50)44-31(47)25-10-11-27(42-30(25)36)46-16-13-28(43-46)51-17-14-23-18-26(23)35(37,38)39/h9-13,16,20,22-23,26,40H,6-8,14-15,17-19,21H2,1-5H3,(H,44,47). The second kappa shape index (κ2) is 15.7. The molecule has 0 aromatic carbocycles. The number of unbranched alkanes of at least 4 members (excludes halogenated alkanes) is 1. The number of hydrogen-bond acceptors (Lipinski definition) is 10. The lowest BCUT2D eigenvalue weighted by molar-refractivity contribution is -0.151. The average Bonchev–Trinajstić information content (AvgIpc) is 3.57. The molecule has 1 saturated heterocycles. The topological polar surface area (TPSA) is 158 Å². The van der Waals surface area contributed by atoms with Crippen LogP contribution in [0.3, 0.4) is 0 Å². The van der Waals surface area contributed by atoms with Gasteiger partial charge in [0.05, 0.1) is 30.0 Å². The lowest BCUT2D eigenvalue weighted by Crippen LogP contribution is -2.45. The van der Waals surface area contributed by atoms with Gasteiger partial charge in [-0.1, -0.05) is 18.0 Å². The SMILES string of the molecule is CC(C)(C)OC(=O)N1CC(CCCCNc2ccc(S(=O)(=O)NC(=O)c3ccc(-n4ccc(OCCC5CC5C(F)(F)F)n4)nc3Cl)nc2)CC1(C)C. The van der Waals surface area contributed by atoms with Gasteiger partial charge in [-0.2, -0.15) is 21.6 Å². The molecule has 0 radical (unpaired) electrons. The van der Waals surface area contributed by atoms with Gasteiger partial charge in [0.25, 0.3) is 15.9 Å². The highest BCUT2D eigenvalue weighted by atomic mass is 35.5. The number of rotatable bonds is 14. The molecule has 0 spiro atoms. The quantitative estimate of drug-likeness (QED) is 0.129. The number of hydrogen-bond donors (Lipinski definition) is 2. The van der Waals surface area contributed by atoms with E-state index >= 15 is 0 Å². The predicted octanol–water partition coefficient (Wildman–Crippen LogP) is 7.02. The molecule has 1 aliphatic heterocycles. The molecule has 3 aromatic rings. The fourth-order valence-electron chi connectivity index (χ4n) is 6.40. The fraction of sp³-hybridized carbons (Fsp3) is 0.571. The molecule has 1 saturated carbocycles. The Morgan fingerprint density at radius 1 is 1.08 bits per heavy atom. The van der Waals surface area contributed by atoms with E-state index in [-0.39, 0.29) is 58.5 Å². The molecule has 2 aliphatic rings. The van der Waals surface area contributed by atoms with Crippen molar-refractivity contribution in [3.63, 3.8) is 0 Å². The Kier molecular flexibility index (Phi) is 11.9. The minimum atomic E-state index is -4.35. The van der Waals surface area contributed by atoms with Gasteiger partial charge < -0.3 is 19.7 Å². The van der Waals surface area contributed by atoms with Gasteiger partial charge in [0, 0.05) is 30.9 Å². The summed E-state index contributed by atoms with van der Waals surface area (Å²) in [5, 5.41) is 6.75. The highest BCUT2D eigenvalue weighted by molar-refractivity contribution is 7.90. The number of halogens is 4. The van der Waals surface area contributed by atoms with Crippen molar-refractivity contribution in [1.82, 2.24) is 29.4 Å². The number of amides is 2. The monoisotopic (exact) mass is 783 g/mol. The number of ether oxygens (including phenoxy) is 2. The van der Waals surface area contributed by atoms with Crippen molar-refractivity contribution >= 4 is 39.3 Å². The van der Waals surface area contributed by atoms with Crippen molar-refractivity contribution in [2.75, 3.05) is 25.0 Å². The van der Waals surface area contributed by atoms with Gasteiger partial charge in [-0.25, -0.2) is 24.2 Å². The zero-order chi connectivity index (χ0) is 38.8. The summed E-state index contributed by atoms with van der Waals surface area (Å²) in [7, 11) is -4.35. The maximum absolute atomic E-state index is 12.9. The predicted molar refractivity (Wildman–Crippen MR) is 190 cm³/mol. The maximum atomic E-state index is 12.9. The van der Waals surface area contributed by atoms with Gasteiger partial charge in [-0.05, 0) is 103 Å². The number of pyridine rings is 2. The lowest BCUT2D eigenvalue weighted by Gasteiger charge is -2.33. The molecule has 3 aromatic heterocycles. The largest absolute Gasteiger partial charge is 0.477 e. The van der Waals surface area contributed by atoms with E-state index in [1.54, 1.807) is 6.07 Å². The van der Waals surface area contributed by atoms with Crippen molar-refractivity contribution in [3.05, 3.63) is 53.4 Å². The van der Waals surface area contributed by atoms with Crippen LogP contribution in [0, 0.1) is 17.8 Å². The number of anilines is 1. The van der Waals surface area contributed by atoms with Gasteiger partial charge in [0.1, 0.15) is 10.8 Å². The minimum Gasteiger partial charge on any atom is -0.477 e. The molecule has 0 bridgehead atoms. The Balaban J connectivity index is 1.05. The Morgan fingerprint density at radius 3 is 2.47 bits per heavy atom. The summed E-state index contributed by atoms with van der Waals surface area (Å²) in [5.74, 6) is -1.99. The van der Waals surface area contributed by atoms with Crippen LogP contribution in [-0.2, 0) is 14.8 Å². The van der Waals surface area contributed by atoms with E-state index in [0.717, 1.165) is 25.7 Å². The van der Waals surface area contributed by atoms with Crippen molar-refractivity contribution in [2.45, 2.75) is 95.5 Å². The average molecular weight is 784 g/mol. The third-order valence-electron chi connectivity index (χ3n) is 9.14. The van der Waals surface area contributed by atoms with Crippen LogP contribution in [0.5, 0.6) is 5.88 Å². The van der Waals surface area contributed by atoms with Crippen molar-refractivity contribution in [1.29, 1.82) is 0 Å². The van der Waals surface area contributed by atoms with Crippen LogP contribution < -0.4 is 14.8 Å². The lowest BCUT2D eigenvalue weighted by atomic mass is 9.93. The third kappa shape index (κ3) is 10.7. The van der Waals surface area contributed by atoms with Gasteiger partial charge in [0.2, 0.25) is 5.88 Å². The van der Waals surface area contributed by atoms with E-state index in [2.05, 4.69) is 34.2 Å². The first-order valence-corrected chi connectivity index (χ1v) is 19.3. The smallest absolute Gasteiger partial charge is 0.410 e. The summed E-state index contributed by atoms with van der Waals surface area (Å²) < 4.78 is 78.3. The van der Waals surface area contributed by atoms with Crippen LogP contribution in [0.15, 0.2) is 47.8 Å². The number of nitrogens with one attached hydrogen (secondary N) is 2. The van der Waals surface area contributed by atoms with Gasteiger partial charge in [-0.15, -0.1) is 5.10 Å². The number of carbonyl (C=O) groups is 2. The number of carbonyl (C=O) groups excluding carboxylic acids is 2. The van der Waals surface area contributed by atoms with E-state index < -0.39 is 39.5 Å². The summed E-state index contributed by atoms with van der Waals surface area (Å²) in [6, 6.07) is 7.03. The van der Waals surface area contributed by atoms with Crippen LogP contribution >= 0.6 is 11.6 Å². The molecule has 5 rings (SSSR count). The fourth-order valence-corrected chi connectivity index (χ4v) is 7.53. The number of alkyl halides is 3. The molecule has 13 nitrogen and oxygen atoms in total. The van der Waals surface area contributed by atoms with Crippen molar-refractivity contribution in [3.8, 4) is 11.7 Å². The Labute approximate surface area is 312 Å². The summed E-state index contributed by atoms with van der Waals surface area (Å²) >= 11 is 6.24. The summed E-state index contributed by atoms with van der Waals surface area (Å²) in [5.41, 5.74) is -0.414. The van der Waals surface area contributed by atoms with Crippen LogP contribution in [-0.4, -0.2) is 82.1 Å². The first kappa shape index (κ1) is 40.1. The summed E-state index contributed by atoms with van der Waals surface area (Å²) in [6.45, 7) is 11.1. The Morgan fingerprint density at radius 2 is 1.83 bits per heavy atom. The van der Waals surface area contributed by atoms with Crippen LogP contribution in [0.2, 0.25) is 5.15 Å². The molecule has 1 aliphatic carbocycles. The van der Waals surface area contributed by atoms with Gasteiger partial charge in [-0.3, -0.25) is 4.79 Å². The normalized spacial score (nSPS) is 19.9. The second-order valence-electron chi connectivity index (χ2n) is 15.1. The molecule has 53 heavy (non-hydrogen) atoms. The number of nitrogens with zero attached hydrogens (tertiary/aromatic N) is 5. The molecule has 2 N–H and O–H groups in total. The number of sulfonamides is 1. The van der Waals surface area contributed by atoms with Gasteiger partial charge >= 0.3 is 12.3 Å². The zero-order valence-corrected chi connectivity index (χ0v) is 31.8. The molecule has 2 fully saturated rings. The van der Waals surface area contributed by atoms with Crippen LogP contribution in [0.4, 0.5) is 23.7 Å². The first-order valence-electron chi connectivity index (χ1n) is 17.4. The molecule has 3 atom stereocenters. The highest BCUT2D eigenvalue weighted by Crippen LogP contribution is 2.51. The van der Waals surface area contributed by atoms with Crippen molar-refractivity contribution < 1.29 is 40.7 Å². The molecule has 2 amide bonds. The molecular weight excluding hydrogens is 739 g/mol. The molecule has 18 heteroatoms. The third-order valence-corrected chi connectivity index (χ3v) is 10.7. The van der Waals surface area contributed by atoms with E-state index in [1.165, 1.54) is 41.3 Å². The Hall–Kier alpha value is -4.12. The number of likely N-dealkylation sites (tertiary alicyclic amines) is 1.